The topological polar surface area (TPSA) is 48.1 Å². The van der Waals surface area contributed by atoms with Crippen LogP contribution in [0.1, 0.15) is 16.8 Å². The highest BCUT2D eigenvalue weighted by Crippen LogP contribution is 2.38. The van der Waals surface area contributed by atoms with Crippen LogP contribution in [-0.2, 0) is 12.7 Å². The van der Waals surface area contributed by atoms with E-state index in [1.807, 2.05) is 0 Å². The van der Waals surface area contributed by atoms with Gasteiger partial charge < -0.3 is 10.5 Å². The first-order chi connectivity index (χ1) is 8.06. The third-order valence-corrected chi connectivity index (χ3v) is 2.07. The molecule has 0 aliphatic heterocycles. The number of nitrogens with two attached hydrogens (primary N) is 1. The Kier molecular flexibility index (Phi) is 3.75. The molecule has 1 aromatic rings. The molecule has 0 aliphatic rings. The third-order valence-electron chi connectivity index (χ3n) is 2.07. The summed E-state index contributed by atoms with van der Waals surface area (Å²) in [6, 6.07) is 0. The van der Waals surface area contributed by atoms with Crippen LogP contribution in [0.5, 0.6) is 5.75 Å². The Balaban J connectivity index is 3.35. The van der Waals surface area contributed by atoms with Crippen LogP contribution in [-0.4, -0.2) is 11.3 Å². The summed E-state index contributed by atoms with van der Waals surface area (Å²) in [7, 11) is 0. The number of nitrogens with zero attached hydrogens (tertiary/aromatic N) is 1. The average molecular weight is 274 g/mol. The number of halogens is 6. The molecule has 1 aromatic heterocycles. The van der Waals surface area contributed by atoms with Crippen molar-refractivity contribution >= 4 is 0 Å². The molecule has 3 nitrogen and oxygen atoms in total. The van der Waals surface area contributed by atoms with Crippen LogP contribution in [0.2, 0.25) is 0 Å². The summed E-state index contributed by atoms with van der Waals surface area (Å²) >= 11 is 0. The fraction of sp³-hybridized carbons (Fsp3) is 0.444. The Hall–Kier alpha value is -1.51. The van der Waals surface area contributed by atoms with Crippen LogP contribution >= 0.6 is 0 Å². The normalized spacial score (nSPS) is 12.7. The first-order valence-electron chi connectivity index (χ1n) is 4.57. The number of ether oxygens (including phenoxy) is 1. The van der Waals surface area contributed by atoms with Gasteiger partial charge in [-0.05, 0) is 6.92 Å². The highest BCUT2D eigenvalue weighted by atomic mass is 19.4. The second kappa shape index (κ2) is 4.63. The molecular weight excluding hydrogens is 266 g/mol. The quantitative estimate of drug-likeness (QED) is 0.843. The zero-order chi connectivity index (χ0) is 14.1. The summed E-state index contributed by atoms with van der Waals surface area (Å²) in [6.45, 7) is 0.326. The van der Waals surface area contributed by atoms with Crippen molar-refractivity contribution in [1.29, 1.82) is 0 Å². The number of aromatic nitrogens is 1. The Morgan fingerprint density at radius 3 is 2.17 bits per heavy atom. The van der Waals surface area contributed by atoms with E-state index >= 15 is 0 Å². The zero-order valence-corrected chi connectivity index (χ0v) is 8.99. The van der Waals surface area contributed by atoms with Crippen LogP contribution in [0, 0.1) is 6.92 Å². The Bertz CT molecular complexity index is 440. The largest absolute Gasteiger partial charge is 0.573 e. The summed E-state index contributed by atoms with van der Waals surface area (Å²) in [5, 5.41) is 0. The fourth-order valence-corrected chi connectivity index (χ4v) is 1.40. The van der Waals surface area contributed by atoms with Crippen LogP contribution in [0.4, 0.5) is 26.3 Å². The van der Waals surface area contributed by atoms with Crippen molar-refractivity contribution in [2.24, 2.45) is 5.73 Å². The van der Waals surface area contributed by atoms with Crippen LogP contribution in [0.15, 0.2) is 6.20 Å². The molecule has 0 radical (unpaired) electrons. The van der Waals surface area contributed by atoms with Gasteiger partial charge in [-0.3, -0.25) is 4.98 Å². The van der Waals surface area contributed by atoms with E-state index in [9.17, 15) is 26.3 Å². The van der Waals surface area contributed by atoms with E-state index in [0.717, 1.165) is 6.92 Å². The van der Waals surface area contributed by atoms with Crippen molar-refractivity contribution in [3.05, 3.63) is 23.0 Å². The van der Waals surface area contributed by atoms with Crippen molar-refractivity contribution in [2.45, 2.75) is 26.0 Å². The Morgan fingerprint density at radius 2 is 1.78 bits per heavy atom. The minimum atomic E-state index is -5.08. The minimum Gasteiger partial charge on any atom is -0.404 e. The van der Waals surface area contributed by atoms with E-state index in [1.54, 1.807) is 0 Å². The smallest absolute Gasteiger partial charge is 0.404 e. The molecule has 0 spiro atoms. The molecule has 0 fully saturated rings. The molecule has 0 aliphatic carbocycles. The molecule has 18 heavy (non-hydrogen) atoms. The molecule has 0 unspecified atom stereocenters. The van der Waals surface area contributed by atoms with Crippen molar-refractivity contribution < 1.29 is 31.1 Å². The van der Waals surface area contributed by atoms with Gasteiger partial charge in [0.15, 0.2) is 5.75 Å². The summed E-state index contributed by atoms with van der Waals surface area (Å²) in [5.74, 6) is -0.993. The molecule has 0 amide bonds. The van der Waals surface area contributed by atoms with Crippen molar-refractivity contribution in [3.8, 4) is 5.75 Å². The van der Waals surface area contributed by atoms with Gasteiger partial charge in [-0.2, -0.15) is 13.2 Å². The number of alkyl halides is 6. The van der Waals surface area contributed by atoms with Crippen molar-refractivity contribution in [3.63, 3.8) is 0 Å². The lowest BCUT2D eigenvalue weighted by atomic mass is 10.1. The van der Waals surface area contributed by atoms with Gasteiger partial charge in [0.1, 0.15) is 0 Å². The third kappa shape index (κ3) is 3.25. The molecular formula is C9H8F6N2O. The summed E-state index contributed by atoms with van der Waals surface area (Å²) in [6.07, 6.45) is -9.36. The standard InChI is InChI=1S/C9H8F6N2O/c1-4-6(18-9(13,14)15)3-17-5(2-16)7(4)8(10,11)12/h3H,2,16H2,1H3. The van der Waals surface area contributed by atoms with E-state index in [-0.39, 0.29) is 0 Å². The molecule has 0 atom stereocenters. The van der Waals surface area contributed by atoms with Gasteiger partial charge in [-0.15, -0.1) is 13.2 Å². The first kappa shape index (κ1) is 14.6. The summed E-state index contributed by atoms with van der Waals surface area (Å²) < 4.78 is 77.4. The van der Waals surface area contributed by atoms with E-state index in [4.69, 9.17) is 5.73 Å². The predicted octanol–water partition coefficient (Wildman–Crippen LogP) is 2.77. The van der Waals surface area contributed by atoms with Gasteiger partial charge >= 0.3 is 12.5 Å². The SMILES string of the molecule is Cc1c(OC(F)(F)F)cnc(CN)c1C(F)(F)F. The molecule has 9 heteroatoms. The molecule has 2 N–H and O–H groups in total. The van der Waals surface area contributed by atoms with E-state index in [0.29, 0.717) is 6.20 Å². The predicted molar refractivity (Wildman–Crippen MR) is 48.6 cm³/mol. The Labute approximate surface area is 97.6 Å². The average Bonchev–Trinajstić information content (AvgIpc) is 2.16. The molecule has 0 aromatic carbocycles. The second-order valence-corrected chi connectivity index (χ2v) is 3.32. The van der Waals surface area contributed by atoms with E-state index in [2.05, 4.69) is 9.72 Å². The zero-order valence-electron chi connectivity index (χ0n) is 8.99. The monoisotopic (exact) mass is 274 g/mol. The maximum absolute atomic E-state index is 12.7. The van der Waals surface area contributed by atoms with E-state index < -0.39 is 41.7 Å². The van der Waals surface area contributed by atoms with Gasteiger partial charge in [0.05, 0.1) is 17.5 Å². The second-order valence-electron chi connectivity index (χ2n) is 3.32. The highest BCUT2D eigenvalue weighted by Gasteiger charge is 2.39. The molecule has 102 valence electrons. The van der Waals surface area contributed by atoms with Gasteiger partial charge in [0.2, 0.25) is 0 Å². The number of pyridine rings is 1. The van der Waals surface area contributed by atoms with Gasteiger partial charge in [-0.25, -0.2) is 0 Å². The van der Waals surface area contributed by atoms with Gasteiger partial charge in [-0.1, -0.05) is 0 Å². The number of hydrogen-bond donors (Lipinski definition) is 1. The lowest BCUT2D eigenvalue weighted by molar-refractivity contribution is -0.275. The number of hydrogen-bond acceptors (Lipinski definition) is 3. The molecule has 1 heterocycles. The molecule has 0 saturated heterocycles. The van der Waals surface area contributed by atoms with Crippen molar-refractivity contribution in [1.82, 2.24) is 4.98 Å². The highest BCUT2D eigenvalue weighted by molar-refractivity contribution is 5.41. The molecule has 1 rings (SSSR count). The molecule has 0 bridgehead atoms. The lowest BCUT2D eigenvalue weighted by Gasteiger charge is -2.17. The number of rotatable bonds is 2. The van der Waals surface area contributed by atoms with Gasteiger partial charge in [0.25, 0.3) is 0 Å². The van der Waals surface area contributed by atoms with Crippen LogP contribution in [0.25, 0.3) is 0 Å². The van der Waals surface area contributed by atoms with E-state index in [1.165, 1.54) is 0 Å². The first-order valence-corrected chi connectivity index (χ1v) is 4.57. The van der Waals surface area contributed by atoms with Gasteiger partial charge in [0, 0.05) is 12.1 Å². The maximum Gasteiger partial charge on any atom is 0.573 e. The van der Waals surface area contributed by atoms with Crippen molar-refractivity contribution in [2.75, 3.05) is 0 Å². The fourth-order valence-electron chi connectivity index (χ4n) is 1.40. The van der Waals surface area contributed by atoms with Crippen LogP contribution in [0.3, 0.4) is 0 Å². The maximum atomic E-state index is 12.7. The minimum absolute atomic E-state index is 0.533. The summed E-state index contributed by atoms with van der Waals surface area (Å²) in [4.78, 5) is 3.24. The lowest BCUT2D eigenvalue weighted by Crippen LogP contribution is -2.21. The Morgan fingerprint density at radius 1 is 1.22 bits per heavy atom. The molecule has 0 saturated carbocycles. The van der Waals surface area contributed by atoms with Crippen LogP contribution < -0.4 is 10.5 Å². The summed E-state index contributed by atoms with van der Waals surface area (Å²) in [5.41, 5.74) is 2.54.